The van der Waals surface area contributed by atoms with E-state index in [0.29, 0.717) is 6.04 Å². The summed E-state index contributed by atoms with van der Waals surface area (Å²) in [6.45, 7) is 4.14. The lowest BCUT2D eigenvalue weighted by molar-refractivity contribution is 0.397. The minimum absolute atomic E-state index is 0.248. The Balaban J connectivity index is 2.05. The van der Waals surface area contributed by atoms with E-state index in [9.17, 15) is 0 Å². The van der Waals surface area contributed by atoms with E-state index in [-0.39, 0.29) is 5.92 Å². The molecule has 0 amide bonds. The molecule has 0 atom stereocenters. The van der Waals surface area contributed by atoms with Crippen molar-refractivity contribution in [3.8, 4) is 6.07 Å². The Labute approximate surface area is 114 Å². The van der Waals surface area contributed by atoms with E-state index >= 15 is 0 Å². The number of nitriles is 1. The summed E-state index contributed by atoms with van der Waals surface area (Å²) in [5, 5.41) is 13.2. The molecule has 18 heavy (non-hydrogen) atoms. The Morgan fingerprint density at radius 3 is 2.44 bits per heavy atom. The molecule has 1 aliphatic carbocycles. The summed E-state index contributed by atoms with van der Waals surface area (Å²) in [7, 11) is 0. The van der Waals surface area contributed by atoms with Crippen LogP contribution >= 0.6 is 11.6 Å². The molecule has 1 saturated carbocycles. The van der Waals surface area contributed by atoms with Crippen molar-refractivity contribution in [2.75, 3.05) is 5.32 Å². The second-order valence-corrected chi connectivity index (χ2v) is 5.67. The molecule has 1 N–H and O–H groups in total. The molecule has 1 fully saturated rings. The van der Waals surface area contributed by atoms with Crippen LogP contribution < -0.4 is 5.32 Å². The smallest absolute Gasteiger partial charge is 0.0655 e. The van der Waals surface area contributed by atoms with Crippen LogP contribution in [0.15, 0.2) is 12.1 Å². The number of rotatable bonds is 2. The molecule has 0 saturated heterocycles. The predicted octanol–water partition coefficient (Wildman–Crippen LogP) is 4.45. The van der Waals surface area contributed by atoms with Crippen molar-refractivity contribution in [2.24, 2.45) is 5.92 Å². The molecule has 1 aromatic carbocycles. The first-order valence-electron chi connectivity index (χ1n) is 6.53. The molecule has 0 spiro atoms. The Kier molecular flexibility index (Phi) is 4.14. The SMILES string of the molecule is Cc1cc(C)c(NC2CCC(C#N)CC2)c(Cl)c1. The van der Waals surface area contributed by atoms with Gasteiger partial charge in [-0.15, -0.1) is 0 Å². The first kappa shape index (κ1) is 13.2. The second kappa shape index (κ2) is 5.63. The van der Waals surface area contributed by atoms with Crippen molar-refractivity contribution in [2.45, 2.75) is 45.6 Å². The normalized spacial score (nSPS) is 23.4. The summed E-state index contributed by atoms with van der Waals surface area (Å²) < 4.78 is 0. The van der Waals surface area contributed by atoms with Gasteiger partial charge in [0, 0.05) is 12.0 Å². The highest BCUT2D eigenvalue weighted by Gasteiger charge is 2.21. The fourth-order valence-corrected chi connectivity index (χ4v) is 3.05. The summed E-state index contributed by atoms with van der Waals surface area (Å²) in [4.78, 5) is 0. The topological polar surface area (TPSA) is 35.8 Å². The van der Waals surface area contributed by atoms with Crippen molar-refractivity contribution in [1.29, 1.82) is 5.26 Å². The standard InChI is InChI=1S/C15H19ClN2/c1-10-7-11(2)15(14(16)8-10)18-13-5-3-12(9-17)4-6-13/h7-8,12-13,18H,3-6H2,1-2H3. The van der Waals surface area contributed by atoms with E-state index in [0.717, 1.165) is 36.4 Å². The lowest BCUT2D eigenvalue weighted by Gasteiger charge is -2.27. The van der Waals surface area contributed by atoms with E-state index in [2.05, 4.69) is 31.3 Å². The zero-order chi connectivity index (χ0) is 13.1. The maximum absolute atomic E-state index is 8.89. The molecular formula is C15H19ClN2. The lowest BCUT2D eigenvalue weighted by atomic mass is 9.87. The van der Waals surface area contributed by atoms with Crippen molar-refractivity contribution in [3.05, 3.63) is 28.3 Å². The van der Waals surface area contributed by atoms with Gasteiger partial charge in [0.05, 0.1) is 16.8 Å². The zero-order valence-electron chi connectivity index (χ0n) is 11.0. The van der Waals surface area contributed by atoms with Gasteiger partial charge in [0.2, 0.25) is 0 Å². The Hall–Kier alpha value is -1.20. The van der Waals surface area contributed by atoms with Gasteiger partial charge in [0.1, 0.15) is 0 Å². The summed E-state index contributed by atoms with van der Waals surface area (Å²) in [5.74, 6) is 0.248. The molecule has 3 heteroatoms. The highest BCUT2D eigenvalue weighted by molar-refractivity contribution is 6.33. The van der Waals surface area contributed by atoms with E-state index < -0.39 is 0 Å². The number of benzene rings is 1. The number of hydrogen-bond acceptors (Lipinski definition) is 2. The van der Waals surface area contributed by atoms with Gasteiger partial charge < -0.3 is 5.32 Å². The van der Waals surface area contributed by atoms with Gasteiger partial charge in [0.25, 0.3) is 0 Å². The van der Waals surface area contributed by atoms with Crippen LogP contribution in [0.3, 0.4) is 0 Å². The fraction of sp³-hybridized carbons (Fsp3) is 0.533. The third kappa shape index (κ3) is 2.97. The van der Waals surface area contributed by atoms with Crippen molar-refractivity contribution >= 4 is 17.3 Å². The summed E-state index contributed by atoms with van der Waals surface area (Å²) in [6.07, 6.45) is 4.11. The van der Waals surface area contributed by atoms with Crippen LogP contribution in [-0.2, 0) is 0 Å². The van der Waals surface area contributed by atoms with E-state index in [1.165, 1.54) is 11.1 Å². The number of hydrogen-bond donors (Lipinski definition) is 1. The van der Waals surface area contributed by atoms with Crippen LogP contribution in [0.4, 0.5) is 5.69 Å². The highest BCUT2D eigenvalue weighted by atomic mass is 35.5. The zero-order valence-corrected chi connectivity index (χ0v) is 11.7. The Bertz CT molecular complexity index is 445. The third-order valence-corrected chi connectivity index (χ3v) is 3.99. The number of aryl methyl sites for hydroxylation is 2. The maximum atomic E-state index is 8.89. The van der Waals surface area contributed by atoms with Gasteiger partial charge in [-0.1, -0.05) is 17.7 Å². The molecule has 0 heterocycles. The van der Waals surface area contributed by atoms with Crippen LogP contribution in [0, 0.1) is 31.1 Å². The van der Waals surface area contributed by atoms with Gasteiger partial charge in [0.15, 0.2) is 0 Å². The molecule has 2 nitrogen and oxygen atoms in total. The molecule has 0 bridgehead atoms. The quantitative estimate of drug-likeness (QED) is 0.855. The summed E-state index contributed by atoms with van der Waals surface area (Å²) >= 11 is 6.30. The fourth-order valence-electron chi connectivity index (χ4n) is 2.67. The first-order valence-corrected chi connectivity index (χ1v) is 6.91. The maximum Gasteiger partial charge on any atom is 0.0655 e. The van der Waals surface area contributed by atoms with Crippen molar-refractivity contribution in [3.63, 3.8) is 0 Å². The average Bonchev–Trinajstić information content (AvgIpc) is 2.34. The van der Waals surface area contributed by atoms with Gasteiger partial charge in [-0.25, -0.2) is 0 Å². The van der Waals surface area contributed by atoms with Crippen LogP contribution in [-0.4, -0.2) is 6.04 Å². The van der Waals surface area contributed by atoms with Gasteiger partial charge >= 0.3 is 0 Å². The van der Waals surface area contributed by atoms with Crippen LogP contribution in [0.1, 0.15) is 36.8 Å². The summed E-state index contributed by atoms with van der Waals surface area (Å²) in [5.41, 5.74) is 3.45. The molecule has 0 radical (unpaired) electrons. The van der Waals surface area contributed by atoms with Gasteiger partial charge in [-0.05, 0) is 56.7 Å². The van der Waals surface area contributed by atoms with Crippen molar-refractivity contribution < 1.29 is 0 Å². The molecule has 1 aliphatic rings. The minimum atomic E-state index is 0.248. The Morgan fingerprint density at radius 2 is 1.89 bits per heavy atom. The van der Waals surface area contributed by atoms with Crippen molar-refractivity contribution in [1.82, 2.24) is 0 Å². The number of anilines is 1. The van der Waals surface area contributed by atoms with E-state index in [4.69, 9.17) is 16.9 Å². The van der Waals surface area contributed by atoms with Gasteiger partial charge in [-0.2, -0.15) is 5.26 Å². The third-order valence-electron chi connectivity index (χ3n) is 3.69. The molecule has 0 aromatic heterocycles. The Morgan fingerprint density at radius 1 is 1.22 bits per heavy atom. The van der Waals surface area contributed by atoms with E-state index in [1.807, 2.05) is 6.07 Å². The summed E-state index contributed by atoms with van der Waals surface area (Å²) in [6, 6.07) is 6.96. The van der Waals surface area contributed by atoms with Crippen LogP contribution in [0.5, 0.6) is 0 Å². The van der Waals surface area contributed by atoms with Crippen LogP contribution in [0.25, 0.3) is 0 Å². The highest BCUT2D eigenvalue weighted by Crippen LogP contribution is 2.31. The average molecular weight is 263 g/mol. The molecule has 1 aromatic rings. The van der Waals surface area contributed by atoms with E-state index in [1.54, 1.807) is 0 Å². The number of nitrogens with zero attached hydrogens (tertiary/aromatic N) is 1. The molecular weight excluding hydrogens is 244 g/mol. The monoisotopic (exact) mass is 262 g/mol. The number of nitrogens with one attached hydrogen (secondary N) is 1. The predicted molar refractivity (Wildman–Crippen MR) is 75.9 cm³/mol. The largest absolute Gasteiger partial charge is 0.381 e. The lowest BCUT2D eigenvalue weighted by Crippen LogP contribution is -2.26. The molecule has 2 rings (SSSR count). The second-order valence-electron chi connectivity index (χ2n) is 5.26. The molecule has 0 aliphatic heterocycles. The molecule has 96 valence electrons. The number of halogens is 1. The van der Waals surface area contributed by atoms with Gasteiger partial charge in [-0.3, -0.25) is 0 Å². The molecule has 0 unspecified atom stereocenters. The first-order chi connectivity index (χ1) is 8.60. The van der Waals surface area contributed by atoms with Crippen LogP contribution in [0.2, 0.25) is 5.02 Å². The minimum Gasteiger partial charge on any atom is -0.381 e.